The van der Waals surface area contributed by atoms with Gasteiger partial charge in [-0.15, -0.1) is 0 Å². The van der Waals surface area contributed by atoms with Gasteiger partial charge >= 0.3 is 6.18 Å². The summed E-state index contributed by atoms with van der Waals surface area (Å²) in [6, 6.07) is 11.0. The molecule has 10 heteroatoms. The molecule has 6 nitrogen and oxygen atoms in total. The molecule has 0 amide bonds. The summed E-state index contributed by atoms with van der Waals surface area (Å²) in [6.07, 6.45) is 5.18. The highest BCUT2D eigenvalue weighted by Crippen LogP contribution is 2.33. The van der Waals surface area contributed by atoms with Gasteiger partial charge in [-0.2, -0.15) is 13.2 Å². The van der Waals surface area contributed by atoms with Crippen LogP contribution in [-0.2, 0) is 28.7 Å². The second-order valence-corrected chi connectivity index (χ2v) is 11.0. The molecule has 1 aromatic carbocycles. The standard InChI is InChI=1S/C29H27F3N4O2S/c30-29(31,32)21-5-1-3-19(14-21)28-20(4-2-11-34-28)17-35-22-8-6-18(7-9-22)13-26-33-12-10-23(36-26)15-25-24(37)16-27(38)39-25/h1-5,10-12,14-15,18,22,35H,6-9,13,16-17H2/b25-15-. The van der Waals surface area contributed by atoms with E-state index in [0.29, 0.717) is 40.4 Å². The Balaban J connectivity index is 1.16. The number of nitrogens with one attached hydrogen (secondary N) is 1. The van der Waals surface area contributed by atoms with Gasteiger partial charge in [-0.25, -0.2) is 9.97 Å². The van der Waals surface area contributed by atoms with E-state index in [1.807, 2.05) is 6.07 Å². The van der Waals surface area contributed by atoms with Crippen LogP contribution in [0.15, 0.2) is 59.8 Å². The van der Waals surface area contributed by atoms with Gasteiger partial charge in [-0.3, -0.25) is 14.6 Å². The summed E-state index contributed by atoms with van der Waals surface area (Å²) < 4.78 is 39.6. The number of halogens is 3. The predicted molar refractivity (Wildman–Crippen MR) is 143 cm³/mol. The van der Waals surface area contributed by atoms with Gasteiger partial charge in [0.2, 0.25) is 5.12 Å². The Labute approximate surface area is 228 Å². The molecule has 3 aromatic rings. The number of nitrogens with zero attached hydrogens (tertiary/aromatic N) is 3. The summed E-state index contributed by atoms with van der Waals surface area (Å²) in [4.78, 5) is 37.2. The fourth-order valence-electron chi connectivity index (χ4n) is 5.04. The van der Waals surface area contributed by atoms with Crippen LogP contribution >= 0.6 is 11.8 Å². The summed E-state index contributed by atoms with van der Waals surface area (Å²) in [5, 5.41) is 3.43. The van der Waals surface area contributed by atoms with E-state index in [-0.39, 0.29) is 17.3 Å². The minimum atomic E-state index is -4.40. The molecule has 1 saturated heterocycles. The van der Waals surface area contributed by atoms with Crippen molar-refractivity contribution in [1.29, 1.82) is 0 Å². The summed E-state index contributed by atoms with van der Waals surface area (Å²) in [7, 11) is 0. The van der Waals surface area contributed by atoms with Crippen molar-refractivity contribution in [2.45, 2.75) is 57.3 Å². The van der Waals surface area contributed by atoms with Crippen LogP contribution in [0.2, 0.25) is 0 Å². The minimum absolute atomic E-state index is 0.0565. The van der Waals surface area contributed by atoms with Crippen molar-refractivity contribution in [2.24, 2.45) is 5.92 Å². The minimum Gasteiger partial charge on any atom is -0.310 e. The average molecular weight is 553 g/mol. The van der Waals surface area contributed by atoms with Crippen molar-refractivity contribution in [2.75, 3.05) is 0 Å². The second kappa shape index (κ2) is 11.8. The molecule has 0 unspecified atom stereocenters. The van der Waals surface area contributed by atoms with Crippen LogP contribution < -0.4 is 5.32 Å². The lowest BCUT2D eigenvalue weighted by Gasteiger charge is -2.29. The van der Waals surface area contributed by atoms with Gasteiger partial charge in [0.1, 0.15) is 5.82 Å². The van der Waals surface area contributed by atoms with E-state index >= 15 is 0 Å². The maximum Gasteiger partial charge on any atom is 0.416 e. The Morgan fingerprint density at radius 3 is 2.56 bits per heavy atom. The summed E-state index contributed by atoms with van der Waals surface area (Å²) in [5.41, 5.74) is 1.81. The Bertz CT molecular complexity index is 1400. The molecule has 202 valence electrons. The third kappa shape index (κ3) is 6.99. The topological polar surface area (TPSA) is 84.8 Å². The molecule has 1 saturated carbocycles. The number of hydrogen-bond acceptors (Lipinski definition) is 7. The first kappa shape index (κ1) is 27.2. The van der Waals surface area contributed by atoms with Crippen molar-refractivity contribution in [3.05, 3.63) is 82.4 Å². The van der Waals surface area contributed by atoms with Gasteiger partial charge in [0.05, 0.1) is 28.3 Å². The van der Waals surface area contributed by atoms with Gasteiger partial charge < -0.3 is 5.32 Å². The molecule has 2 aliphatic rings. The number of pyridine rings is 1. The fraction of sp³-hybridized carbons (Fsp3) is 0.345. The fourth-order valence-corrected chi connectivity index (χ4v) is 5.85. The molecule has 1 aliphatic carbocycles. The maximum absolute atomic E-state index is 13.2. The molecule has 1 N–H and O–H groups in total. The molecule has 2 aromatic heterocycles. The Morgan fingerprint density at radius 1 is 1.00 bits per heavy atom. The SMILES string of the molecule is O=C1CC(=O)/C(=C/c2ccnc(CC3CCC(NCc4cccnc4-c4cccc(C(F)(F)F)c4)CC3)n2)S1. The summed E-state index contributed by atoms with van der Waals surface area (Å²) >= 11 is 0.970. The third-order valence-electron chi connectivity index (χ3n) is 7.06. The van der Waals surface area contributed by atoms with Gasteiger partial charge in [-0.1, -0.05) is 18.2 Å². The number of allylic oxidation sites excluding steroid dienone is 1. The molecule has 5 rings (SSSR count). The van der Waals surface area contributed by atoms with Gasteiger partial charge in [-0.05, 0) is 79.3 Å². The zero-order valence-electron chi connectivity index (χ0n) is 21.1. The van der Waals surface area contributed by atoms with Crippen molar-refractivity contribution >= 4 is 28.7 Å². The molecule has 1 aliphatic heterocycles. The van der Waals surface area contributed by atoms with Crippen LogP contribution in [0, 0.1) is 5.92 Å². The van der Waals surface area contributed by atoms with E-state index in [0.717, 1.165) is 67.4 Å². The quantitative estimate of drug-likeness (QED) is 0.283. The molecule has 0 atom stereocenters. The lowest BCUT2D eigenvalue weighted by atomic mass is 9.84. The number of rotatable bonds is 7. The van der Waals surface area contributed by atoms with E-state index in [2.05, 4.69) is 20.3 Å². The Morgan fingerprint density at radius 2 is 1.82 bits per heavy atom. The van der Waals surface area contributed by atoms with Gasteiger partial charge in [0, 0.05) is 37.0 Å². The monoisotopic (exact) mass is 552 g/mol. The van der Waals surface area contributed by atoms with Crippen LogP contribution in [0.4, 0.5) is 13.2 Å². The van der Waals surface area contributed by atoms with Crippen molar-refractivity contribution < 1.29 is 22.8 Å². The van der Waals surface area contributed by atoms with E-state index in [9.17, 15) is 22.8 Å². The third-order valence-corrected chi connectivity index (χ3v) is 8.00. The van der Waals surface area contributed by atoms with E-state index < -0.39 is 11.7 Å². The van der Waals surface area contributed by atoms with E-state index in [1.165, 1.54) is 6.07 Å². The molecule has 0 radical (unpaired) electrons. The van der Waals surface area contributed by atoms with Crippen LogP contribution in [0.3, 0.4) is 0 Å². The number of carbonyl (C=O) groups is 2. The largest absolute Gasteiger partial charge is 0.416 e. The highest BCUT2D eigenvalue weighted by molar-refractivity contribution is 8.18. The molecular weight excluding hydrogens is 525 g/mol. The lowest BCUT2D eigenvalue weighted by Crippen LogP contribution is -2.33. The van der Waals surface area contributed by atoms with Gasteiger partial charge in [0.25, 0.3) is 0 Å². The van der Waals surface area contributed by atoms with Crippen LogP contribution in [0.5, 0.6) is 0 Å². The smallest absolute Gasteiger partial charge is 0.310 e. The van der Waals surface area contributed by atoms with Crippen LogP contribution in [-0.4, -0.2) is 31.9 Å². The number of thioether (sulfide) groups is 1. The molecule has 3 heterocycles. The number of Topliss-reactive ketones (excluding diaryl/α,β-unsaturated/α-hetero) is 1. The number of alkyl halides is 3. The first-order chi connectivity index (χ1) is 18.7. The molecule has 0 bridgehead atoms. The highest BCUT2D eigenvalue weighted by atomic mass is 32.2. The summed E-state index contributed by atoms with van der Waals surface area (Å²) in [5.74, 6) is 1.00. The van der Waals surface area contributed by atoms with E-state index in [4.69, 9.17) is 0 Å². The Hall–Kier alpha value is -3.37. The second-order valence-electron chi connectivity index (χ2n) is 9.87. The van der Waals surface area contributed by atoms with Crippen molar-refractivity contribution in [1.82, 2.24) is 20.3 Å². The molecular formula is C29H27F3N4O2S. The number of carbonyl (C=O) groups excluding carboxylic acids is 2. The van der Waals surface area contributed by atoms with E-state index in [1.54, 1.807) is 36.7 Å². The highest BCUT2D eigenvalue weighted by Gasteiger charge is 2.31. The number of ketones is 1. The molecule has 2 fully saturated rings. The van der Waals surface area contributed by atoms with Crippen LogP contribution in [0.1, 0.15) is 54.7 Å². The predicted octanol–water partition coefficient (Wildman–Crippen LogP) is 6.02. The Kier molecular flexibility index (Phi) is 8.23. The summed E-state index contributed by atoms with van der Waals surface area (Å²) in [6.45, 7) is 0.522. The first-order valence-electron chi connectivity index (χ1n) is 12.9. The normalized spacial score (nSPS) is 21.1. The lowest BCUT2D eigenvalue weighted by molar-refractivity contribution is -0.137. The molecule has 39 heavy (non-hydrogen) atoms. The van der Waals surface area contributed by atoms with Gasteiger partial charge in [0.15, 0.2) is 5.78 Å². The average Bonchev–Trinajstić information content (AvgIpc) is 3.24. The van der Waals surface area contributed by atoms with Crippen molar-refractivity contribution in [3.8, 4) is 11.3 Å². The molecule has 0 spiro atoms. The zero-order valence-corrected chi connectivity index (χ0v) is 21.9. The zero-order chi connectivity index (χ0) is 27.4. The number of benzene rings is 1. The van der Waals surface area contributed by atoms with Crippen LogP contribution in [0.25, 0.3) is 17.3 Å². The maximum atomic E-state index is 13.2. The number of hydrogen-bond donors (Lipinski definition) is 1. The first-order valence-corrected chi connectivity index (χ1v) is 13.7. The van der Waals surface area contributed by atoms with Crippen molar-refractivity contribution in [3.63, 3.8) is 0 Å². The number of aromatic nitrogens is 3.